The maximum atomic E-state index is 12.6. The summed E-state index contributed by atoms with van der Waals surface area (Å²) in [5, 5.41) is 2.76. The Kier molecular flexibility index (Phi) is 4.52. The predicted molar refractivity (Wildman–Crippen MR) is 99.4 cm³/mol. The van der Waals surface area contributed by atoms with Gasteiger partial charge in [0.15, 0.2) is 5.76 Å². The largest absolute Gasteiger partial charge is 0.459 e. The zero-order chi connectivity index (χ0) is 19.7. The predicted octanol–water partition coefficient (Wildman–Crippen LogP) is 3.08. The summed E-state index contributed by atoms with van der Waals surface area (Å²) >= 11 is 0. The number of benzene rings is 1. The minimum atomic E-state index is -0.339. The molecule has 1 aliphatic rings. The third kappa shape index (κ3) is 3.32. The summed E-state index contributed by atoms with van der Waals surface area (Å²) in [5.74, 6) is 0.406. The number of imide groups is 1. The van der Waals surface area contributed by atoms with Gasteiger partial charge in [0.1, 0.15) is 5.76 Å². The van der Waals surface area contributed by atoms with E-state index >= 15 is 0 Å². The van der Waals surface area contributed by atoms with Gasteiger partial charge in [-0.25, -0.2) is 9.88 Å². The van der Waals surface area contributed by atoms with Gasteiger partial charge in [0.25, 0.3) is 5.89 Å². The Morgan fingerprint density at radius 3 is 2.61 bits per heavy atom. The van der Waals surface area contributed by atoms with E-state index in [0.29, 0.717) is 34.5 Å². The van der Waals surface area contributed by atoms with Crippen LogP contribution < -0.4 is 10.2 Å². The highest BCUT2D eigenvalue weighted by molar-refractivity contribution is 6.21. The van der Waals surface area contributed by atoms with Crippen LogP contribution in [0.15, 0.2) is 51.5 Å². The lowest BCUT2D eigenvalue weighted by molar-refractivity contribution is -0.121. The molecule has 0 radical (unpaired) electrons. The van der Waals surface area contributed by atoms with Crippen molar-refractivity contribution in [2.75, 3.05) is 10.2 Å². The van der Waals surface area contributed by atoms with Crippen molar-refractivity contribution >= 4 is 29.1 Å². The lowest BCUT2D eigenvalue weighted by atomic mass is 10.2. The summed E-state index contributed by atoms with van der Waals surface area (Å²) in [6, 6.07) is 10.2. The molecule has 1 fully saturated rings. The Morgan fingerprint density at radius 1 is 1.14 bits per heavy atom. The number of aromatic nitrogens is 1. The molecule has 142 valence electrons. The fraction of sp³-hybridized carbons (Fsp3) is 0.200. The van der Waals surface area contributed by atoms with Gasteiger partial charge in [0.05, 0.1) is 29.8 Å². The molecule has 8 heteroatoms. The van der Waals surface area contributed by atoms with Crippen LogP contribution in [0.25, 0.3) is 11.7 Å². The van der Waals surface area contributed by atoms with E-state index in [1.165, 1.54) is 6.26 Å². The van der Waals surface area contributed by atoms with Crippen LogP contribution in [0.3, 0.4) is 0 Å². The molecule has 0 atom stereocenters. The van der Waals surface area contributed by atoms with Gasteiger partial charge in [0.2, 0.25) is 17.7 Å². The Labute approximate surface area is 160 Å². The van der Waals surface area contributed by atoms with Gasteiger partial charge in [0, 0.05) is 12.8 Å². The van der Waals surface area contributed by atoms with Crippen LogP contribution in [0.4, 0.5) is 11.4 Å². The fourth-order valence-corrected chi connectivity index (χ4v) is 3.06. The average molecular weight is 379 g/mol. The van der Waals surface area contributed by atoms with Crippen LogP contribution in [-0.4, -0.2) is 22.7 Å². The van der Waals surface area contributed by atoms with Crippen molar-refractivity contribution < 1.29 is 23.2 Å². The highest BCUT2D eigenvalue weighted by atomic mass is 16.4. The third-order valence-corrected chi connectivity index (χ3v) is 4.42. The quantitative estimate of drug-likeness (QED) is 0.683. The fourth-order valence-electron chi connectivity index (χ4n) is 3.06. The Hall–Kier alpha value is -3.68. The number of hydrogen-bond acceptors (Lipinski definition) is 6. The summed E-state index contributed by atoms with van der Waals surface area (Å²) in [6.45, 7) is 1.72. The van der Waals surface area contributed by atoms with Crippen molar-refractivity contribution in [1.29, 1.82) is 0 Å². The number of aryl methyl sites for hydroxylation is 1. The normalized spacial score (nSPS) is 14.0. The number of nitrogens with zero attached hydrogens (tertiary/aromatic N) is 2. The summed E-state index contributed by atoms with van der Waals surface area (Å²) in [7, 11) is 0. The molecule has 28 heavy (non-hydrogen) atoms. The SMILES string of the molecule is Cc1oc(-c2ccco2)nc1CC(=O)Nc1ccccc1N1C(=O)CCC1=O. The number of hydrogen-bond donors (Lipinski definition) is 1. The topological polar surface area (TPSA) is 106 Å². The van der Waals surface area contributed by atoms with Crippen LogP contribution in [0, 0.1) is 6.92 Å². The smallest absolute Gasteiger partial charge is 0.263 e. The third-order valence-electron chi connectivity index (χ3n) is 4.42. The average Bonchev–Trinajstić information content (AvgIpc) is 3.38. The van der Waals surface area contributed by atoms with Crippen molar-refractivity contribution in [2.24, 2.45) is 0 Å². The number of carbonyl (C=O) groups is 3. The zero-order valence-electron chi connectivity index (χ0n) is 15.1. The number of furan rings is 1. The van der Waals surface area contributed by atoms with Crippen molar-refractivity contribution in [3.8, 4) is 11.7 Å². The molecule has 3 aromatic rings. The first-order valence-corrected chi connectivity index (χ1v) is 8.78. The molecule has 0 bridgehead atoms. The van der Waals surface area contributed by atoms with Crippen LogP contribution >= 0.6 is 0 Å². The second-order valence-corrected chi connectivity index (χ2v) is 6.36. The highest BCUT2D eigenvalue weighted by Crippen LogP contribution is 2.30. The number of nitrogens with one attached hydrogen (secondary N) is 1. The van der Waals surface area contributed by atoms with Crippen LogP contribution in [0.5, 0.6) is 0 Å². The minimum absolute atomic E-state index is 0.0216. The molecule has 0 spiro atoms. The van der Waals surface area contributed by atoms with Gasteiger partial charge >= 0.3 is 0 Å². The molecule has 1 N–H and O–H groups in total. The second kappa shape index (κ2) is 7.15. The second-order valence-electron chi connectivity index (χ2n) is 6.36. The van der Waals surface area contributed by atoms with Crippen LogP contribution in [-0.2, 0) is 20.8 Å². The monoisotopic (exact) mass is 379 g/mol. The van der Waals surface area contributed by atoms with E-state index in [-0.39, 0.29) is 37.0 Å². The van der Waals surface area contributed by atoms with Crippen LogP contribution in [0.1, 0.15) is 24.3 Å². The van der Waals surface area contributed by atoms with Crippen molar-refractivity contribution in [3.63, 3.8) is 0 Å². The maximum absolute atomic E-state index is 12.6. The van der Waals surface area contributed by atoms with Gasteiger partial charge < -0.3 is 14.2 Å². The molecule has 0 aliphatic carbocycles. The van der Waals surface area contributed by atoms with Gasteiger partial charge in [-0.2, -0.15) is 0 Å². The van der Waals surface area contributed by atoms with E-state index in [1.54, 1.807) is 43.3 Å². The molecule has 3 heterocycles. The number of amides is 3. The van der Waals surface area contributed by atoms with Crippen LogP contribution in [0.2, 0.25) is 0 Å². The maximum Gasteiger partial charge on any atom is 0.263 e. The minimum Gasteiger partial charge on any atom is -0.459 e. The van der Waals surface area contributed by atoms with E-state index in [4.69, 9.17) is 8.83 Å². The summed E-state index contributed by atoms with van der Waals surface area (Å²) in [5.41, 5.74) is 1.25. The number of oxazole rings is 1. The Balaban J connectivity index is 1.52. The zero-order valence-corrected chi connectivity index (χ0v) is 15.1. The lowest BCUT2D eigenvalue weighted by Gasteiger charge is -2.18. The number of anilines is 2. The number of para-hydroxylation sites is 2. The molecule has 1 aliphatic heterocycles. The van der Waals surface area contributed by atoms with E-state index in [9.17, 15) is 14.4 Å². The molecule has 1 aromatic carbocycles. The van der Waals surface area contributed by atoms with E-state index in [0.717, 1.165) is 4.90 Å². The summed E-state index contributed by atoms with van der Waals surface area (Å²) in [4.78, 5) is 42.1. The van der Waals surface area contributed by atoms with Crippen molar-refractivity contribution in [3.05, 3.63) is 54.1 Å². The van der Waals surface area contributed by atoms with E-state index < -0.39 is 0 Å². The van der Waals surface area contributed by atoms with Gasteiger partial charge in [-0.05, 0) is 31.2 Å². The standard InChI is InChI=1S/C20H17N3O5/c1-12-14(22-20(28-12)16-7-4-10-27-16)11-17(24)21-13-5-2-3-6-15(13)23-18(25)8-9-19(23)26/h2-7,10H,8-9,11H2,1H3,(H,21,24). The first-order valence-electron chi connectivity index (χ1n) is 8.78. The highest BCUT2D eigenvalue weighted by Gasteiger charge is 2.32. The van der Waals surface area contributed by atoms with Gasteiger partial charge in [-0.3, -0.25) is 14.4 Å². The molecule has 1 saturated heterocycles. The molecule has 0 saturated carbocycles. The van der Waals surface area contributed by atoms with E-state index in [1.807, 2.05) is 0 Å². The summed E-state index contributed by atoms with van der Waals surface area (Å²) in [6.07, 6.45) is 1.84. The molecule has 0 unspecified atom stereocenters. The van der Waals surface area contributed by atoms with Gasteiger partial charge in [-0.1, -0.05) is 12.1 Å². The van der Waals surface area contributed by atoms with Gasteiger partial charge in [-0.15, -0.1) is 0 Å². The molecular weight excluding hydrogens is 362 g/mol. The molecule has 4 rings (SSSR count). The van der Waals surface area contributed by atoms with Crippen molar-refractivity contribution in [2.45, 2.75) is 26.2 Å². The Morgan fingerprint density at radius 2 is 1.89 bits per heavy atom. The van der Waals surface area contributed by atoms with Crippen molar-refractivity contribution in [1.82, 2.24) is 4.98 Å². The van der Waals surface area contributed by atoms with E-state index in [2.05, 4.69) is 10.3 Å². The first kappa shape index (κ1) is 17.7. The molecule has 8 nitrogen and oxygen atoms in total. The molecular formula is C20H17N3O5. The first-order chi connectivity index (χ1) is 13.5. The number of rotatable bonds is 5. The Bertz CT molecular complexity index is 1040. The summed E-state index contributed by atoms with van der Waals surface area (Å²) < 4.78 is 10.8. The number of carbonyl (C=O) groups excluding carboxylic acids is 3. The lowest BCUT2D eigenvalue weighted by Crippen LogP contribution is -2.30. The molecule has 3 amide bonds. The molecule has 2 aromatic heterocycles.